The van der Waals surface area contributed by atoms with E-state index in [1.54, 1.807) is 18.9 Å². The molecule has 0 aliphatic carbocycles. The molecule has 0 saturated heterocycles. The summed E-state index contributed by atoms with van der Waals surface area (Å²) in [5.41, 5.74) is 3.29. The van der Waals surface area contributed by atoms with Gasteiger partial charge in [-0.2, -0.15) is 0 Å². The van der Waals surface area contributed by atoms with E-state index in [4.69, 9.17) is 4.74 Å². The zero-order valence-corrected chi connectivity index (χ0v) is 16.3. The van der Waals surface area contributed by atoms with Crippen LogP contribution in [0.2, 0.25) is 0 Å². The van der Waals surface area contributed by atoms with Crippen molar-refractivity contribution >= 4 is 17.7 Å². The van der Waals surface area contributed by atoms with E-state index in [-0.39, 0.29) is 11.9 Å². The first-order valence-corrected chi connectivity index (χ1v) is 9.82. The van der Waals surface area contributed by atoms with Gasteiger partial charge < -0.3 is 10.1 Å². The highest BCUT2D eigenvalue weighted by molar-refractivity contribution is 8.00. The van der Waals surface area contributed by atoms with Crippen LogP contribution in [-0.4, -0.2) is 18.8 Å². The molecule has 3 aromatic rings. The molecule has 1 atom stereocenters. The molecule has 1 N–H and O–H groups in total. The zero-order chi connectivity index (χ0) is 19.1. The maximum absolute atomic E-state index is 12.6. The number of ether oxygens (including phenoxy) is 1. The van der Waals surface area contributed by atoms with E-state index in [0.29, 0.717) is 5.75 Å². The summed E-state index contributed by atoms with van der Waals surface area (Å²) in [6, 6.07) is 25.8. The molecule has 3 aromatic carbocycles. The second-order valence-electron chi connectivity index (χ2n) is 6.29. The molecule has 138 valence electrons. The molecular formula is C23H23NO2S. The van der Waals surface area contributed by atoms with Gasteiger partial charge in [-0.3, -0.25) is 4.79 Å². The molecular weight excluding hydrogens is 354 g/mol. The summed E-state index contributed by atoms with van der Waals surface area (Å²) in [5, 5.41) is 3.17. The van der Waals surface area contributed by atoms with E-state index in [0.717, 1.165) is 21.8 Å². The van der Waals surface area contributed by atoms with Crippen LogP contribution in [0.1, 0.15) is 22.7 Å². The number of carbonyl (C=O) groups excluding carboxylic acids is 1. The number of rotatable bonds is 7. The molecule has 27 heavy (non-hydrogen) atoms. The number of hydrogen-bond acceptors (Lipinski definition) is 3. The number of thioether (sulfide) groups is 1. The second-order valence-corrected chi connectivity index (χ2v) is 7.33. The Morgan fingerprint density at radius 3 is 2.19 bits per heavy atom. The summed E-state index contributed by atoms with van der Waals surface area (Å²) in [6.45, 7) is 2.06. The molecule has 0 radical (unpaired) electrons. The van der Waals surface area contributed by atoms with Gasteiger partial charge in [0.1, 0.15) is 5.75 Å². The van der Waals surface area contributed by atoms with Gasteiger partial charge in [0.2, 0.25) is 5.91 Å². The van der Waals surface area contributed by atoms with Gasteiger partial charge in [-0.1, -0.05) is 60.2 Å². The molecule has 0 heterocycles. The van der Waals surface area contributed by atoms with Crippen LogP contribution in [0.25, 0.3) is 0 Å². The predicted molar refractivity (Wildman–Crippen MR) is 111 cm³/mol. The van der Waals surface area contributed by atoms with Gasteiger partial charge in [-0.05, 0) is 42.3 Å². The van der Waals surface area contributed by atoms with E-state index in [2.05, 4.69) is 24.4 Å². The van der Waals surface area contributed by atoms with Gasteiger partial charge in [-0.25, -0.2) is 0 Å². The third kappa shape index (κ3) is 5.38. The molecule has 3 nitrogen and oxygen atoms in total. The van der Waals surface area contributed by atoms with E-state index < -0.39 is 0 Å². The van der Waals surface area contributed by atoms with Crippen LogP contribution in [-0.2, 0) is 4.79 Å². The maximum Gasteiger partial charge on any atom is 0.231 e. The fourth-order valence-electron chi connectivity index (χ4n) is 2.79. The average Bonchev–Trinajstić information content (AvgIpc) is 2.72. The second kappa shape index (κ2) is 9.28. The van der Waals surface area contributed by atoms with Gasteiger partial charge in [0, 0.05) is 4.90 Å². The Morgan fingerprint density at radius 1 is 0.926 bits per heavy atom. The lowest BCUT2D eigenvalue weighted by molar-refractivity contribution is -0.119. The van der Waals surface area contributed by atoms with Crippen molar-refractivity contribution in [1.29, 1.82) is 0 Å². The summed E-state index contributed by atoms with van der Waals surface area (Å²) in [4.78, 5) is 13.7. The Kier molecular flexibility index (Phi) is 6.55. The van der Waals surface area contributed by atoms with E-state index in [1.807, 2.05) is 66.7 Å². The van der Waals surface area contributed by atoms with Crippen molar-refractivity contribution in [1.82, 2.24) is 5.32 Å². The Morgan fingerprint density at radius 2 is 1.56 bits per heavy atom. The number of aryl methyl sites for hydroxylation is 1. The normalized spacial score (nSPS) is 11.6. The first-order chi connectivity index (χ1) is 13.2. The molecule has 1 unspecified atom stereocenters. The van der Waals surface area contributed by atoms with Gasteiger partial charge in [0.05, 0.1) is 18.9 Å². The molecule has 3 rings (SSSR count). The standard InChI is InChI=1S/C23H23NO2S/c1-17-8-14-21(15-9-17)27-16-22(25)24-23(18-6-4-3-5-7-18)19-10-12-20(26-2)13-11-19/h3-15,23H,16H2,1-2H3,(H,24,25). The highest BCUT2D eigenvalue weighted by Gasteiger charge is 2.17. The first-order valence-electron chi connectivity index (χ1n) is 8.83. The average molecular weight is 378 g/mol. The lowest BCUT2D eigenvalue weighted by atomic mass is 9.98. The predicted octanol–water partition coefficient (Wildman–Crippen LogP) is 5.00. The van der Waals surface area contributed by atoms with E-state index in [9.17, 15) is 4.79 Å². The molecule has 0 aromatic heterocycles. The van der Waals surface area contributed by atoms with Crippen molar-refractivity contribution in [2.24, 2.45) is 0 Å². The highest BCUT2D eigenvalue weighted by Crippen LogP contribution is 2.25. The highest BCUT2D eigenvalue weighted by atomic mass is 32.2. The molecule has 0 aliphatic heterocycles. The van der Waals surface area contributed by atoms with E-state index >= 15 is 0 Å². The number of carbonyl (C=O) groups is 1. The molecule has 0 saturated carbocycles. The van der Waals surface area contributed by atoms with Crippen LogP contribution < -0.4 is 10.1 Å². The Bertz CT molecular complexity index is 861. The van der Waals surface area contributed by atoms with Crippen LogP contribution >= 0.6 is 11.8 Å². The summed E-state index contributed by atoms with van der Waals surface area (Å²) in [5.74, 6) is 1.18. The number of hydrogen-bond donors (Lipinski definition) is 1. The van der Waals surface area contributed by atoms with Crippen molar-refractivity contribution in [2.45, 2.75) is 17.9 Å². The minimum Gasteiger partial charge on any atom is -0.497 e. The van der Waals surface area contributed by atoms with Crippen LogP contribution in [0.4, 0.5) is 0 Å². The van der Waals surface area contributed by atoms with Crippen LogP contribution in [0.3, 0.4) is 0 Å². The quantitative estimate of drug-likeness (QED) is 0.589. The largest absolute Gasteiger partial charge is 0.497 e. The van der Waals surface area contributed by atoms with Crippen molar-refractivity contribution in [3.8, 4) is 5.75 Å². The van der Waals surface area contributed by atoms with Gasteiger partial charge in [0.25, 0.3) is 0 Å². The number of benzene rings is 3. The fourth-order valence-corrected chi connectivity index (χ4v) is 3.50. The van der Waals surface area contributed by atoms with Crippen molar-refractivity contribution < 1.29 is 9.53 Å². The molecule has 0 bridgehead atoms. The summed E-state index contributed by atoms with van der Waals surface area (Å²) < 4.78 is 5.24. The fraction of sp³-hybridized carbons (Fsp3) is 0.174. The lowest BCUT2D eigenvalue weighted by Gasteiger charge is -2.20. The SMILES string of the molecule is COc1ccc(C(NC(=O)CSc2ccc(C)cc2)c2ccccc2)cc1. The minimum absolute atomic E-state index is 0.00486. The lowest BCUT2D eigenvalue weighted by Crippen LogP contribution is -2.30. The Labute approximate surface area is 164 Å². The van der Waals surface area contributed by atoms with Crippen molar-refractivity contribution in [3.63, 3.8) is 0 Å². The monoisotopic (exact) mass is 377 g/mol. The molecule has 4 heteroatoms. The zero-order valence-electron chi connectivity index (χ0n) is 15.5. The van der Waals surface area contributed by atoms with Gasteiger partial charge in [-0.15, -0.1) is 11.8 Å². The summed E-state index contributed by atoms with van der Waals surface area (Å²) in [6.07, 6.45) is 0. The molecule has 0 fully saturated rings. The van der Waals surface area contributed by atoms with Crippen molar-refractivity contribution in [3.05, 3.63) is 95.6 Å². The Hall–Kier alpha value is -2.72. The van der Waals surface area contributed by atoms with Crippen molar-refractivity contribution in [2.75, 3.05) is 12.9 Å². The summed E-state index contributed by atoms with van der Waals surface area (Å²) >= 11 is 1.54. The molecule has 1 amide bonds. The Balaban J connectivity index is 1.72. The number of nitrogens with one attached hydrogen (secondary N) is 1. The van der Waals surface area contributed by atoms with Crippen LogP contribution in [0, 0.1) is 6.92 Å². The van der Waals surface area contributed by atoms with Gasteiger partial charge >= 0.3 is 0 Å². The van der Waals surface area contributed by atoms with Crippen LogP contribution in [0.5, 0.6) is 5.75 Å². The smallest absolute Gasteiger partial charge is 0.231 e. The summed E-state index contributed by atoms with van der Waals surface area (Å²) in [7, 11) is 1.65. The van der Waals surface area contributed by atoms with Gasteiger partial charge in [0.15, 0.2) is 0 Å². The van der Waals surface area contributed by atoms with Crippen LogP contribution in [0.15, 0.2) is 83.8 Å². The maximum atomic E-state index is 12.6. The first kappa shape index (κ1) is 19.1. The molecule has 0 aliphatic rings. The third-order valence-corrected chi connectivity index (χ3v) is 5.29. The van der Waals surface area contributed by atoms with E-state index in [1.165, 1.54) is 5.56 Å². The third-order valence-electron chi connectivity index (χ3n) is 4.28. The number of methoxy groups -OCH3 is 1. The number of amides is 1. The molecule has 0 spiro atoms. The topological polar surface area (TPSA) is 38.3 Å². The minimum atomic E-state index is -0.191.